The van der Waals surface area contributed by atoms with E-state index in [1.807, 2.05) is 6.07 Å². The van der Waals surface area contributed by atoms with Crippen LogP contribution in [-0.4, -0.2) is 12.5 Å². The fraction of sp³-hybridized carbons (Fsp3) is 0.333. The molecule has 5 heteroatoms. The van der Waals surface area contributed by atoms with Crippen LogP contribution in [0.4, 0.5) is 5.69 Å². The summed E-state index contributed by atoms with van der Waals surface area (Å²) in [6.45, 7) is 2.27. The predicted octanol–water partition coefficient (Wildman–Crippen LogP) is 2.14. The number of rotatable bonds is 4. The molecule has 90 valence electrons. The van der Waals surface area contributed by atoms with Crippen molar-refractivity contribution < 1.29 is 4.79 Å². The molecule has 0 saturated carbocycles. The van der Waals surface area contributed by atoms with Gasteiger partial charge in [0, 0.05) is 5.92 Å². The first-order valence-corrected chi connectivity index (χ1v) is 5.67. The van der Waals surface area contributed by atoms with Gasteiger partial charge in [-0.05, 0) is 31.2 Å². The summed E-state index contributed by atoms with van der Waals surface area (Å²) in [5.41, 5.74) is 6.36. The highest BCUT2D eigenvalue weighted by molar-refractivity contribution is 6.33. The van der Waals surface area contributed by atoms with E-state index in [2.05, 4.69) is 5.32 Å². The van der Waals surface area contributed by atoms with Gasteiger partial charge in [0.2, 0.25) is 5.91 Å². The fourth-order valence-electron chi connectivity index (χ4n) is 1.32. The van der Waals surface area contributed by atoms with Gasteiger partial charge in [0.1, 0.15) is 0 Å². The number of nitriles is 1. The van der Waals surface area contributed by atoms with Crippen LogP contribution in [0.15, 0.2) is 18.2 Å². The molecule has 17 heavy (non-hydrogen) atoms. The number of hydrogen-bond acceptors (Lipinski definition) is 3. The number of carbonyl (C=O) groups is 1. The van der Waals surface area contributed by atoms with E-state index >= 15 is 0 Å². The molecule has 0 aromatic heterocycles. The standard InChI is InChI=1S/C12H14ClN3O/c1-8(4-5-14)12(17)16-11-3-2-9(7-15)6-10(11)13/h2-3,6,8H,4-5,14H2,1H3,(H,16,17). The minimum absolute atomic E-state index is 0.123. The zero-order valence-electron chi connectivity index (χ0n) is 9.53. The maximum Gasteiger partial charge on any atom is 0.227 e. The Kier molecular flexibility index (Phi) is 4.95. The van der Waals surface area contributed by atoms with Gasteiger partial charge in [0.25, 0.3) is 0 Å². The molecule has 0 saturated heterocycles. The summed E-state index contributed by atoms with van der Waals surface area (Å²) in [6, 6.07) is 6.72. The topological polar surface area (TPSA) is 78.9 Å². The third kappa shape index (κ3) is 3.74. The number of benzene rings is 1. The van der Waals surface area contributed by atoms with Crippen molar-refractivity contribution in [3.05, 3.63) is 28.8 Å². The fourth-order valence-corrected chi connectivity index (χ4v) is 1.55. The van der Waals surface area contributed by atoms with Gasteiger partial charge in [-0.25, -0.2) is 0 Å². The van der Waals surface area contributed by atoms with E-state index in [0.29, 0.717) is 29.2 Å². The summed E-state index contributed by atoms with van der Waals surface area (Å²) in [5.74, 6) is -0.284. The van der Waals surface area contributed by atoms with Crippen molar-refractivity contribution in [3.8, 4) is 6.07 Å². The number of nitrogens with two attached hydrogens (primary N) is 1. The Balaban J connectivity index is 2.76. The van der Waals surface area contributed by atoms with Crippen LogP contribution in [0.5, 0.6) is 0 Å². The van der Waals surface area contributed by atoms with Crippen LogP contribution in [-0.2, 0) is 4.79 Å². The molecule has 1 atom stereocenters. The molecular formula is C12H14ClN3O. The van der Waals surface area contributed by atoms with E-state index in [1.54, 1.807) is 19.1 Å². The smallest absolute Gasteiger partial charge is 0.227 e. The summed E-state index contributed by atoms with van der Waals surface area (Å²) in [4.78, 5) is 11.7. The van der Waals surface area contributed by atoms with Crippen LogP contribution in [0, 0.1) is 17.2 Å². The molecule has 4 nitrogen and oxygen atoms in total. The summed E-state index contributed by atoms with van der Waals surface area (Å²) in [7, 11) is 0. The number of amides is 1. The van der Waals surface area contributed by atoms with Crippen LogP contribution in [0.3, 0.4) is 0 Å². The zero-order valence-corrected chi connectivity index (χ0v) is 10.3. The van der Waals surface area contributed by atoms with E-state index in [-0.39, 0.29) is 11.8 Å². The lowest BCUT2D eigenvalue weighted by molar-refractivity contribution is -0.119. The van der Waals surface area contributed by atoms with Crippen LogP contribution >= 0.6 is 11.6 Å². The van der Waals surface area contributed by atoms with Crippen LogP contribution < -0.4 is 11.1 Å². The number of nitrogens with zero attached hydrogens (tertiary/aromatic N) is 1. The molecule has 0 fully saturated rings. The molecule has 0 radical (unpaired) electrons. The lowest BCUT2D eigenvalue weighted by Crippen LogP contribution is -2.22. The lowest BCUT2D eigenvalue weighted by Gasteiger charge is -2.12. The quantitative estimate of drug-likeness (QED) is 0.860. The summed E-state index contributed by atoms with van der Waals surface area (Å²) in [5, 5.41) is 11.8. The van der Waals surface area contributed by atoms with Gasteiger partial charge in [-0.15, -0.1) is 0 Å². The van der Waals surface area contributed by atoms with E-state index in [0.717, 1.165) is 0 Å². The first-order valence-electron chi connectivity index (χ1n) is 5.29. The minimum atomic E-state index is -0.160. The Bertz CT molecular complexity index is 454. The Morgan fingerprint density at radius 3 is 2.88 bits per heavy atom. The lowest BCUT2D eigenvalue weighted by atomic mass is 10.1. The average molecular weight is 252 g/mol. The summed E-state index contributed by atoms with van der Waals surface area (Å²) >= 11 is 5.94. The number of hydrogen-bond donors (Lipinski definition) is 2. The van der Waals surface area contributed by atoms with Gasteiger partial charge in [-0.2, -0.15) is 5.26 Å². The highest BCUT2D eigenvalue weighted by Gasteiger charge is 2.13. The molecule has 1 aromatic carbocycles. The first-order chi connectivity index (χ1) is 8.08. The molecule has 1 unspecified atom stereocenters. The van der Waals surface area contributed by atoms with Gasteiger partial charge >= 0.3 is 0 Å². The molecule has 0 heterocycles. The third-order valence-electron chi connectivity index (χ3n) is 2.40. The molecule has 1 rings (SSSR count). The number of halogens is 1. The molecule has 1 amide bonds. The predicted molar refractivity (Wildman–Crippen MR) is 67.6 cm³/mol. The number of nitrogens with one attached hydrogen (secondary N) is 1. The van der Waals surface area contributed by atoms with Crippen molar-refractivity contribution in [2.24, 2.45) is 11.7 Å². The van der Waals surface area contributed by atoms with E-state index in [9.17, 15) is 4.79 Å². The van der Waals surface area contributed by atoms with Crippen molar-refractivity contribution >= 4 is 23.2 Å². The Hall–Kier alpha value is -1.57. The van der Waals surface area contributed by atoms with Crippen molar-refractivity contribution in [2.75, 3.05) is 11.9 Å². The van der Waals surface area contributed by atoms with Crippen molar-refractivity contribution in [2.45, 2.75) is 13.3 Å². The van der Waals surface area contributed by atoms with E-state index in [1.165, 1.54) is 6.07 Å². The third-order valence-corrected chi connectivity index (χ3v) is 2.72. The SMILES string of the molecule is CC(CCN)C(=O)Nc1ccc(C#N)cc1Cl. The van der Waals surface area contributed by atoms with E-state index in [4.69, 9.17) is 22.6 Å². The van der Waals surface area contributed by atoms with E-state index < -0.39 is 0 Å². The van der Waals surface area contributed by atoms with Gasteiger partial charge < -0.3 is 11.1 Å². The molecule has 0 aliphatic heterocycles. The maximum absolute atomic E-state index is 11.7. The molecule has 1 aromatic rings. The zero-order chi connectivity index (χ0) is 12.8. The van der Waals surface area contributed by atoms with Gasteiger partial charge in [-0.3, -0.25) is 4.79 Å². The largest absolute Gasteiger partial charge is 0.330 e. The second-order valence-corrected chi connectivity index (χ2v) is 4.18. The molecule has 3 N–H and O–H groups in total. The highest BCUT2D eigenvalue weighted by atomic mass is 35.5. The Morgan fingerprint density at radius 1 is 1.65 bits per heavy atom. The molecular weight excluding hydrogens is 238 g/mol. The van der Waals surface area contributed by atoms with Gasteiger partial charge in [-0.1, -0.05) is 18.5 Å². The molecule has 0 aliphatic rings. The van der Waals surface area contributed by atoms with Crippen LogP contribution in [0.1, 0.15) is 18.9 Å². The monoisotopic (exact) mass is 251 g/mol. The summed E-state index contributed by atoms with van der Waals surface area (Å²) in [6.07, 6.45) is 0.625. The molecule has 0 bridgehead atoms. The van der Waals surface area contributed by atoms with Crippen LogP contribution in [0.25, 0.3) is 0 Å². The number of anilines is 1. The second kappa shape index (κ2) is 6.24. The normalized spacial score (nSPS) is 11.6. The van der Waals surface area contributed by atoms with Crippen LogP contribution in [0.2, 0.25) is 5.02 Å². The second-order valence-electron chi connectivity index (χ2n) is 3.77. The highest BCUT2D eigenvalue weighted by Crippen LogP contribution is 2.23. The van der Waals surface area contributed by atoms with Crippen molar-refractivity contribution in [3.63, 3.8) is 0 Å². The minimum Gasteiger partial charge on any atom is -0.330 e. The Morgan fingerprint density at radius 2 is 2.35 bits per heavy atom. The Labute approximate surface area is 105 Å². The van der Waals surface area contributed by atoms with Crippen molar-refractivity contribution in [1.29, 1.82) is 5.26 Å². The number of carbonyl (C=O) groups excluding carboxylic acids is 1. The first kappa shape index (κ1) is 13.5. The maximum atomic E-state index is 11.7. The van der Waals surface area contributed by atoms with Gasteiger partial charge in [0.15, 0.2) is 0 Å². The summed E-state index contributed by atoms with van der Waals surface area (Å²) < 4.78 is 0. The average Bonchev–Trinajstić information content (AvgIpc) is 2.31. The molecule has 0 aliphatic carbocycles. The van der Waals surface area contributed by atoms with Gasteiger partial charge in [0.05, 0.1) is 22.3 Å². The molecule has 0 spiro atoms. The van der Waals surface area contributed by atoms with Crippen molar-refractivity contribution in [1.82, 2.24) is 0 Å².